The van der Waals surface area contributed by atoms with Gasteiger partial charge >= 0.3 is 5.97 Å². The number of aryl methyl sites for hydroxylation is 2. The first-order valence-electron chi connectivity index (χ1n) is 6.78. The lowest BCUT2D eigenvalue weighted by Crippen LogP contribution is -2.11. The topological polar surface area (TPSA) is 57.0 Å². The Hall–Kier alpha value is -1.62. The molecule has 2 heterocycles. The van der Waals surface area contributed by atoms with E-state index in [0.29, 0.717) is 28.5 Å². The summed E-state index contributed by atoms with van der Waals surface area (Å²) in [6, 6.07) is 0. The van der Waals surface area contributed by atoms with Crippen molar-refractivity contribution < 1.29 is 9.53 Å². The molecule has 0 atom stereocenters. The van der Waals surface area contributed by atoms with Crippen molar-refractivity contribution in [1.82, 2.24) is 14.5 Å². The van der Waals surface area contributed by atoms with Crippen LogP contribution in [-0.2, 0) is 11.3 Å². The molecule has 0 aliphatic rings. The van der Waals surface area contributed by atoms with Crippen molar-refractivity contribution in [2.45, 2.75) is 40.2 Å². The standard InChI is InChI=1S/C14H18ClN3O2/c1-4-6-7-18-8-16-11-12(18)10(14(19)20-5-2)9(3)17-13(11)15/h8H,4-7H2,1-3H3. The highest BCUT2D eigenvalue weighted by atomic mass is 35.5. The zero-order valence-corrected chi connectivity index (χ0v) is 12.7. The number of unbranched alkanes of at least 4 members (excludes halogenated alkanes) is 1. The van der Waals surface area contributed by atoms with E-state index in [2.05, 4.69) is 16.9 Å². The van der Waals surface area contributed by atoms with Crippen LogP contribution < -0.4 is 0 Å². The summed E-state index contributed by atoms with van der Waals surface area (Å²) in [5, 5.41) is 0.320. The van der Waals surface area contributed by atoms with Gasteiger partial charge in [-0.1, -0.05) is 24.9 Å². The molecule has 2 rings (SSSR count). The van der Waals surface area contributed by atoms with Crippen LogP contribution in [0.4, 0.5) is 0 Å². The summed E-state index contributed by atoms with van der Waals surface area (Å²) in [6.07, 6.45) is 3.77. The minimum atomic E-state index is -0.377. The second-order valence-corrected chi connectivity index (χ2v) is 4.93. The van der Waals surface area contributed by atoms with Crippen LogP contribution in [-0.4, -0.2) is 27.1 Å². The molecule has 0 bridgehead atoms. The first-order chi connectivity index (χ1) is 9.60. The van der Waals surface area contributed by atoms with Crippen molar-refractivity contribution in [3.8, 4) is 0 Å². The molecule has 0 aromatic carbocycles. The molecule has 108 valence electrons. The number of esters is 1. The molecule has 0 amide bonds. The van der Waals surface area contributed by atoms with Gasteiger partial charge in [0.25, 0.3) is 0 Å². The van der Waals surface area contributed by atoms with Gasteiger partial charge in [-0.05, 0) is 20.3 Å². The van der Waals surface area contributed by atoms with Crippen LogP contribution in [0.15, 0.2) is 6.33 Å². The van der Waals surface area contributed by atoms with E-state index in [0.717, 1.165) is 24.9 Å². The molecule has 0 N–H and O–H groups in total. The van der Waals surface area contributed by atoms with Crippen LogP contribution in [0.5, 0.6) is 0 Å². The number of rotatable bonds is 5. The number of fused-ring (bicyclic) bond motifs is 1. The Labute approximate surface area is 122 Å². The molecule has 0 radical (unpaired) electrons. The monoisotopic (exact) mass is 295 g/mol. The van der Waals surface area contributed by atoms with Gasteiger partial charge in [0.05, 0.1) is 24.1 Å². The lowest BCUT2D eigenvalue weighted by molar-refractivity contribution is 0.0527. The highest BCUT2D eigenvalue weighted by Gasteiger charge is 2.21. The van der Waals surface area contributed by atoms with Crippen molar-refractivity contribution in [3.63, 3.8) is 0 Å². The summed E-state index contributed by atoms with van der Waals surface area (Å²) in [4.78, 5) is 20.6. The van der Waals surface area contributed by atoms with Crippen LogP contribution in [0.25, 0.3) is 11.0 Å². The summed E-state index contributed by atoms with van der Waals surface area (Å²) < 4.78 is 7.07. The van der Waals surface area contributed by atoms with E-state index in [1.165, 1.54) is 0 Å². The summed E-state index contributed by atoms with van der Waals surface area (Å²) >= 11 is 6.12. The molecule has 0 aliphatic carbocycles. The van der Waals surface area contributed by atoms with Crippen molar-refractivity contribution in [1.29, 1.82) is 0 Å². The molecule has 5 nitrogen and oxygen atoms in total. The van der Waals surface area contributed by atoms with Gasteiger partial charge in [-0.3, -0.25) is 0 Å². The maximum absolute atomic E-state index is 12.2. The molecule has 0 unspecified atom stereocenters. The Morgan fingerprint density at radius 3 is 2.85 bits per heavy atom. The fourth-order valence-corrected chi connectivity index (χ4v) is 2.43. The third-order valence-corrected chi connectivity index (χ3v) is 3.39. The molecule has 0 spiro atoms. The SMILES string of the molecule is CCCCn1cnc2c(Cl)nc(C)c(C(=O)OCC)c21. The average Bonchev–Trinajstić information content (AvgIpc) is 2.81. The van der Waals surface area contributed by atoms with Gasteiger partial charge in [0, 0.05) is 6.54 Å². The second kappa shape index (κ2) is 6.22. The summed E-state index contributed by atoms with van der Waals surface area (Å²) in [7, 11) is 0. The number of pyridine rings is 1. The van der Waals surface area contributed by atoms with Crippen LogP contribution in [0.1, 0.15) is 42.7 Å². The van der Waals surface area contributed by atoms with E-state index in [4.69, 9.17) is 16.3 Å². The number of nitrogens with zero attached hydrogens (tertiary/aromatic N) is 3. The van der Waals surface area contributed by atoms with Gasteiger partial charge < -0.3 is 9.30 Å². The number of imidazole rings is 1. The lowest BCUT2D eigenvalue weighted by Gasteiger charge is -2.10. The molecule has 0 saturated heterocycles. The summed E-state index contributed by atoms with van der Waals surface area (Å²) in [6.45, 7) is 6.77. The van der Waals surface area contributed by atoms with E-state index in [1.807, 2.05) is 4.57 Å². The fraction of sp³-hybridized carbons (Fsp3) is 0.500. The third kappa shape index (κ3) is 2.63. The van der Waals surface area contributed by atoms with Crippen molar-refractivity contribution in [2.75, 3.05) is 6.61 Å². The minimum Gasteiger partial charge on any atom is -0.462 e. The predicted molar refractivity (Wildman–Crippen MR) is 78.1 cm³/mol. The van der Waals surface area contributed by atoms with E-state index in [9.17, 15) is 4.79 Å². The number of halogens is 1. The number of aromatic nitrogens is 3. The van der Waals surface area contributed by atoms with Crippen molar-refractivity contribution >= 4 is 28.6 Å². The molecule has 2 aromatic heterocycles. The molecular formula is C14H18ClN3O2. The normalized spacial score (nSPS) is 11.0. The second-order valence-electron chi connectivity index (χ2n) is 4.57. The Balaban J connectivity index is 2.63. The minimum absolute atomic E-state index is 0.320. The highest BCUT2D eigenvalue weighted by Crippen LogP contribution is 2.27. The molecule has 20 heavy (non-hydrogen) atoms. The number of ether oxygens (including phenoxy) is 1. The zero-order valence-electron chi connectivity index (χ0n) is 11.9. The molecule has 2 aromatic rings. The largest absolute Gasteiger partial charge is 0.462 e. The Kier molecular flexibility index (Phi) is 4.60. The third-order valence-electron chi connectivity index (χ3n) is 3.13. The average molecular weight is 296 g/mol. The van der Waals surface area contributed by atoms with Crippen LogP contribution in [0, 0.1) is 6.92 Å². The number of hydrogen-bond donors (Lipinski definition) is 0. The van der Waals surface area contributed by atoms with Crippen LogP contribution >= 0.6 is 11.6 Å². The van der Waals surface area contributed by atoms with E-state index >= 15 is 0 Å². The predicted octanol–water partition coefficient (Wildman–Crippen LogP) is 3.37. The van der Waals surface area contributed by atoms with Gasteiger partial charge in [0.1, 0.15) is 11.1 Å². The quantitative estimate of drug-likeness (QED) is 0.627. The van der Waals surface area contributed by atoms with Gasteiger partial charge in [-0.15, -0.1) is 0 Å². The number of hydrogen-bond acceptors (Lipinski definition) is 4. The lowest BCUT2D eigenvalue weighted by atomic mass is 10.1. The molecular weight excluding hydrogens is 278 g/mol. The van der Waals surface area contributed by atoms with Crippen molar-refractivity contribution in [2.24, 2.45) is 0 Å². The fourth-order valence-electron chi connectivity index (χ4n) is 2.17. The smallest absolute Gasteiger partial charge is 0.342 e. The van der Waals surface area contributed by atoms with Gasteiger partial charge in [0.2, 0.25) is 0 Å². The number of carbonyl (C=O) groups is 1. The Morgan fingerprint density at radius 1 is 1.45 bits per heavy atom. The highest BCUT2D eigenvalue weighted by molar-refractivity contribution is 6.34. The maximum Gasteiger partial charge on any atom is 0.342 e. The van der Waals surface area contributed by atoms with E-state index < -0.39 is 0 Å². The zero-order chi connectivity index (χ0) is 14.7. The molecule has 0 fully saturated rings. The van der Waals surface area contributed by atoms with Crippen molar-refractivity contribution in [3.05, 3.63) is 22.7 Å². The molecule has 0 aliphatic heterocycles. The first kappa shape index (κ1) is 14.8. The Morgan fingerprint density at radius 2 is 2.20 bits per heavy atom. The molecule has 6 heteroatoms. The summed E-state index contributed by atoms with van der Waals surface area (Å²) in [5.41, 5.74) is 2.30. The van der Waals surface area contributed by atoms with E-state index in [1.54, 1.807) is 20.2 Å². The Bertz CT molecular complexity index is 637. The van der Waals surface area contributed by atoms with Gasteiger partial charge in [-0.2, -0.15) is 0 Å². The van der Waals surface area contributed by atoms with Crippen LogP contribution in [0.3, 0.4) is 0 Å². The maximum atomic E-state index is 12.2. The molecule has 0 saturated carbocycles. The van der Waals surface area contributed by atoms with Gasteiger partial charge in [0.15, 0.2) is 5.15 Å². The van der Waals surface area contributed by atoms with E-state index in [-0.39, 0.29) is 5.97 Å². The van der Waals surface area contributed by atoms with Crippen LogP contribution in [0.2, 0.25) is 5.15 Å². The number of carbonyl (C=O) groups excluding carboxylic acids is 1. The van der Waals surface area contributed by atoms with Gasteiger partial charge in [-0.25, -0.2) is 14.8 Å². The summed E-state index contributed by atoms with van der Waals surface area (Å²) in [5.74, 6) is -0.377. The first-order valence-corrected chi connectivity index (χ1v) is 7.16.